The fourth-order valence-electron chi connectivity index (χ4n) is 4.66. The molecule has 3 heterocycles. The zero-order valence-electron chi connectivity index (χ0n) is 20.1. The van der Waals surface area contributed by atoms with Crippen LogP contribution in [0.3, 0.4) is 0 Å². The van der Waals surface area contributed by atoms with Crippen LogP contribution in [0.25, 0.3) is 0 Å². The minimum Gasteiger partial charge on any atom is -0.503 e. The van der Waals surface area contributed by atoms with Gasteiger partial charge in [0.2, 0.25) is 5.43 Å². The number of pyridine rings is 1. The van der Waals surface area contributed by atoms with E-state index < -0.39 is 70.3 Å². The summed E-state index contributed by atoms with van der Waals surface area (Å²) >= 11 is 0. The predicted molar refractivity (Wildman–Crippen MR) is 122 cm³/mol. The molecule has 2 aliphatic rings. The molecule has 2 aromatic rings. The van der Waals surface area contributed by atoms with Crippen molar-refractivity contribution < 1.29 is 37.7 Å². The van der Waals surface area contributed by atoms with E-state index in [1.165, 1.54) is 11.7 Å². The fraction of sp³-hybridized carbons (Fsp3) is 0.458. The Bertz CT molecular complexity index is 1210. The molecule has 3 N–H and O–H groups in total. The van der Waals surface area contributed by atoms with Crippen molar-refractivity contribution in [3.8, 4) is 5.75 Å². The third-order valence-corrected chi connectivity index (χ3v) is 6.38. The molecule has 0 fully saturated rings. The number of aliphatic hydroxyl groups is 1. The van der Waals surface area contributed by atoms with E-state index in [1.54, 1.807) is 4.90 Å². The van der Waals surface area contributed by atoms with Gasteiger partial charge in [0, 0.05) is 63.7 Å². The molecule has 2 aliphatic heterocycles. The van der Waals surface area contributed by atoms with Crippen molar-refractivity contribution in [2.24, 2.45) is 0 Å². The maximum absolute atomic E-state index is 14.0. The zero-order valence-corrected chi connectivity index (χ0v) is 20.1. The second kappa shape index (κ2) is 11.1. The van der Waals surface area contributed by atoms with Gasteiger partial charge in [0.1, 0.15) is 23.0 Å². The van der Waals surface area contributed by atoms with E-state index >= 15 is 0 Å². The molecule has 2 atom stereocenters. The average molecular weight is 511 g/mol. The molecule has 0 bridgehead atoms. The van der Waals surface area contributed by atoms with Gasteiger partial charge < -0.3 is 29.7 Å². The summed E-state index contributed by atoms with van der Waals surface area (Å²) in [5.41, 5.74) is -2.05. The van der Waals surface area contributed by atoms with Gasteiger partial charge in [0.25, 0.3) is 11.8 Å². The zero-order chi connectivity index (χ0) is 26.7. The van der Waals surface area contributed by atoms with Gasteiger partial charge in [-0.15, -0.1) is 0 Å². The Morgan fingerprint density at radius 2 is 1.83 bits per heavy atom. The summed E-state index contributed by atoms with van der Waals surface area (Å²) in [5, 5.41) is 19.9. The Morgan fingerprint density at radius 3 is 2.42 bits per heavy atom. The number of hydrogen-bond donors (Lipinski definition) is 3. The fourth-order valence-corrected chi connectivity index (χ4v) is 4.66. The molecule has 36 heavy (non-hydrogen) atoms. The van der Waals surface area contributed by atoms with Gasteiger partial charge in [-0.05, 0) is 6.42 Å². The van der Waals surface area contributed by atoms with Crippen molar-refractivity contribution in [1.29, 1.82) is 0 Å². The number of ether oxygens (including phenoxy) is 1. The van der Waals surface area contributed by atoms with E-state index in [1.807, 2.05) is 6.92 Å². The number of carbonyl (C=O) groups is 2. The molecule has 9 nitrogen and oxygen atoms in total. The minimum absolute atomic E-state index is 0.126. The summed E-state index contributed by atoms with van der Waals surface area (Å²) in [6.45, 7) is 2.05. The molecule has 0 spiro atoms. The Kier molecular flexibility index (Phi) is 8.41. The normalized spacial score (nSPS) is 18.0. The van der Waals surface area contributed by atoms with Crippen LogP contribution in [-0.4, -0.2) is 64.9 Å². The van der Waals surface area contributed by atoms with Crippen molar-refractivity contribution in [1.82, 2.24) is 14.8 Å². The van der Waals surface area contributed by atoms with E-state index in [4.69, 9.17) is 9.84 Å². The van der Waals surface area contributed by atoms with E-state index in [0.717, 1.165) is 20.0 Å². The molecule has 1 aromatic carbocycles. The average Bonchev–Trinajstić information content (AvgIpc) is 3.20. The lowest BCUT2D eigenvalue weighted by molar-refractivity contribution is 0.0390. The van der Waals surface area contributed by atoms with Crippen LogP contribution in [0.1, 0.15) is 57.9 Å². The second-order valence-corrected chi connectivity index (χ2v) is 8.40. The summed E-state index contributed by atoms with van der Waals surface area (Å²) in [4.78, 5) is 40.6. The Morgan fingerprint density at radius 1 is 1.19 bits per heavy atom. The lowest BCUT2D eigenvalue weighted by Crippen LogP contribution is -2.46. The van der Waals surface area contributed by atoms with E-state index in [9.17, 15) is 32.7 Å². The van der Waals surface area contributed by atoms with Crippen LogP contribution < -0.4 is 10.7 Å². The van der Waals surface area contributed by atoms with Crippen molar-refractivity contribution >= 4 is 11.8 Å². The van der Waals surface area contributed by atoms with Gasteiger partial charge >= 0.3 is 0 Å². The molecule has 196 valence electrons. The summed E-state index contributed by atoms with van der Waals surface area (Å²) < 4.78 is 48.1. The molecule has 1 aromatic heterocycles. The number of nitrogens with one attached hydrogen (secondary N) is 1. The summed E-state index contributed by atoms with van der Waals surface area (Å²) in [6, 6.07) is 0.538. The molecular formula is C24H28F3N3O6. The highest BCUT2D eigenvalue weighted by atomic mass is 19.1. The smallest absolute Gasteiger partial charge is 0.274 e. The van der Waals surface area contributed by atoms with Crippen molar-refractivity contribution in [2.45, 2.75) is 44.9 Å². The largest absolute Gasteiger partial charge is 0.503 e. The minimum atomic E-state index is -1.19. The summed E-state index contributed by atoms with van der Waals surface area (Å²) in [6.07, 6.45) is 1.25. The molecule has 4 rings (SSSR count). The van der Waals surface area contributed by atoms with Crippen molar-refractivity contribution in [2.75, 3.05) is 27.3 Å². The number of nitrogens with zero attached hydrogens (tertiary/aromatic N) is 2. The van der Waals surface area contributed by atoms with Crippen molar-refractivity contribution in [3.63, 3.8) is 0 Å². The summed E-state index contributed by atoms with van der Waals surface area (Å²) in [7, 11) is 2.47. The molecule has 2 unspecified atom stereocenters. The molecule has 0 saturated heterocycles. The number of carbonyl (C=O) groups excluding carboxylic acids is 2. The van der Waals surface area contributed by atoms with Gasteiger partial charge in [-0.25, -0.2) is 13.2 Å². The number of unbranched alkanes of at least 4 members (excludes halogenated alkanes) is 1. The Hall–Kier alpha value is -3.38. The van der Waals surface area contributed by atoms with Crippen LogP contribution in [0.2, 0.25) is 0 Å². The molecular weight excluding hydrogens is 483 g/mol. The lowest BCUT2D eigenvalue weighted by atomic mass is 10.1. The first kappa shape index (κ1) is 27.2. The maximum atomic E-state index is 14.0. The van der Waals surface area contributed by atoms with E-state index in [2.05, 4.69) is 5.32 Å². The number of hydrogen-bond acceptors (Lipinski definition) is 6. The SMILES string of the molecule is CCCCN1CC2C(OC)Cc3c(C(=O)NCc4c(F)cc(F)cc4F)c(=O)c(O)c(n32)C1=O.CO. The van der Waals surface area contributed by atoms with Crippen LogP contribution in [0.15, 0.2) is 16.9 Å². The highest BCUT2D eigenvalue weighted by Crippen LogP contribution is 2.38. The number of benzene rings is 1. The van der Waals surface area contributed by atoms with E-state index in [0.29, 0.717) is 18.7 Å². The van der Waals surface area contributed by atoms with Crippen molar-refractivity contribution in [3.05, 3.63) is 62.3 Å². The van der Waals surface area contributed by atoms with E-state index in [-0.39, 0.29) is 24.4 Å². The molecule has 0 saturated carbocycles. The van der Waals surface area contributed by atoms with Crippen LogP contribution >= 0.6 is 0 Å². The number of methoxy groups -OCH3 is 1. The standard InChI is InChI=1S/C23H24F3N3O5.CH4O/c1-3-4-5-28-10-16-17(34-2)8-15-18(20(30)21(31)19(23(28)33)29(15)16)22(32)27-9-12-13(25)6-11(24)7-14(12)26;1-2/h6-7,16-17,31H,3-5,8-10H2,1-2H3,(H,27,32);2H,1H3. The number of rotatable bonds is 7. The van der Waals surface area contributed by atoms with Crippen LogP contribution in [-0.2, 0) is 17.7 Å². The molecule has 2 amide bonds. The quantitative estimate of drug-likeness (QED) is 0.522. The predicted octanol–water partition coefficient (Wildman–Crippen LogP) is 1.88. The first-order chi connectivity index (χ1) is 17.2. The number of amides is 2. The number of aromatic nitrogens is 1. The molecule has 0 aliphatic carbocycles. The Balaban J connectivity index is 0.00000176. The lowest BCUT2D eigenvalue weighted by Gasteiger charge is -2.36. The van der Waals surface area contributed by atoms with Gasteiger partial charge in [-0.2, -0.15) is 0 Å². The number of halogens is 3. The third-order valence-electron chi connectivity index (χ3n) is 6.38. The highest BCUT2D eigenvalue weighted by molar-refractivity contribution is 6.00. The number of aromatic hydroxyl groups is 1. The van der Waals surface area contributed by atoms with Crippen LogP contribution in [0, 0.1) is 17.5 Å². The van der Waals surface area contributed by atoms with Gasteiger partial charge in [-0.1, -0.05) is 13.3 Å². The molecule has 12 heteroatoms. The first-order valence-electron chi connectivity index (χ1n) is 11.4. The maximum Gasteiger partial charge on any atom is 0.274 e. The van der Waals surface area contributed by atoms with Crippen LogP contribution in [0.5, 0.6) is 5.75 Å². The summed E-state index contributed by atoms with van der Waals surface area (Å²) in [5.74, 6) is -5.84. The highest BCUT2D eigenvalue weighted by Gasteiger charge is 2.45. The number of aliphatic hydroxyl groups excluding tert-OH is 1. The van der Waals surface area contributed by atoms with Crippen LogP contribution in [0.4, 0.5) is 13.2 Å². The van der Waals surface area contributed by atoms with Gasteiger partial charge in [0.05, 0.1) is 12.1 Å². The van der Waals surface area contributed by atoms with Gasteiger partial charge in [-0.3, -0.25) is 14.4 Å². The molecule has 0 radical (unpaired) electrons. The second-order valence-electron chi connectivity index (χ2n) is 8.40. The Labute approximate surface area is 205 Å². The monoisotopic (exact) mass is 511 g/mol. The third kappa shape index (κ3) is 4.70. The first-order valence-corrected chi connectivity index (χ1v) is 11.4. The topological polar surface area (TPSA) is 121 Å². The van der Waals surface area contributed by atoms with Gasteiger partial charge in [0.15, 0.2) is 11.4 Å².